The number of aromatic nitrogens is 1. The fraction of sp³-hybridized carbons (Fsp3) is 0.286. The Morgan fingerprint density at radius 2 is 2.15 bits per heavy atom. The van der Waals surface area contributed by atoms with Gasteiger partial charge in [-0.2, -0.15) is 0 Å². The van der Waals surface area contributed by atoms with E-state index in [0.717, 1.165) is 0 Å². The molecule has 0 spiro atoms. The SMILES string of the molecule is OCc1nc(C(F)F)cc(F)c1Br. The summed E-state index contributed by atoms with van der Waals surface area (Å²) < 4.78 is 36.9. The molecule has 0 fully saturated rings. The third kappa shape index (κ3) is 2.19. The second-order valence-corrected chi connectivity index (χ2v) is 3.04. The smallest absolute Gasteiger partial charge is 0.280 e. The van der Waals surface area contributed by atoms with Gasteiger partial charge in [0.1, 0.15) is 11.5 Å². The molecule has 1 rings (SSSR count). The van der Waals surface area contributed by atoms with E-state index >= 15 is 0 Å². The van der Waals surface area contributed by atoms with E-state index < -0.39 is 24.5 Å². The summed E-state index contributed by atoms with van der Waals surface area (Å²) in [6.45, 7) is -0.585. The molecule has 72 valence electrons. The van der Waals surface area contributed by atoms with Crippen LogP contribution in [-0.4, -0.2) is 10.1 Å². The molecule has 1 N–H and O–H groups in total. The quantitative estimate of drug-likeness (QED) is 0.881. The summed E-state index contributed by atoms with van der Waals surface area (Å²) in [5.41, 5.74) is -0.806. The van der Waals surface area contributed by atoms with Crippen molar-refractivity contribution in [3.05, 3.63) is 27.7 Å². The number of hydrogen-bond donors (Lipinski definition) is 1. The van der Waals surface area contributed by atoms with Crippen LogP contribution in [0.5, 0.6) is 0 Å². The molecule has 0 unspecified atom stereocenters. The normalized spacial score (nSPS) is 10.9. The van der Waals surface area contributed by atoms with Gasteiger partial charge in [-0.1, -0.05) is 0 Å². The molecule has 0 saturated carbocycles. The first-order valence-electron chi connectivity index (χ1n) is 3.30. The van der Waals surface area contributed by atoms with E-state index in [9.17, 15) is 13.2 Å². The Kier molecular flexibility index (Phi) is 3.27. The molecule has 1 aromatic heterocycles. The topological polar surface area (TPSA) is 33.1 Å². The summed E-state index contributed by atoms with van der Waals surface area (Å²) in [6, 6.07) is 0.633. The van der Waals surface area contributed by atoms with E-state index in [-0.39, 0.29) is 10.2 Å². The zero-order valence-corrected chi connectivity index (χ0v) is 7.85. The summed E-state index contributed by atoms with van der Waals surface area (Å²) in [6.07, 6.45) is -2.84. The van der Waals surface area contributed by atoms with Crippen LogP contribution in [0.2, 0.25) is 0 Å². The van der Waals surface area contributed by atoms with Gasteiger partial charge in [0.05, 0.1) is 16.8 Å². The fourth-order valence-electron chi connectivity index (χ4n) is 0.785. The predicted octanol–water partition coefficient (Wildman–Crippen LogP) is 2.41. The lowest BCUT2D eigenvalue weighted by molar-refractivity contribution is 0.144. The van der Waals surface area contributed by atoms with Gasteiger partial charge in [-0.15, -0.1) is 0 Å². The van der Waals surface area contributed by atoms with Crippen molar-refractivity contribution in [3.8, 4) is 0 Å². The second kappa shape index (κ2) is 4.06. The first-order valence-corrected chi connectivity index (χ1v) is 4.09. The highest BCUT2D eigenvalue weighted by molar-refractivity contribution is 9.10. The van der Waals surface area contributed by atoms with Gasteiger partial charge in [0.25, 0.3) is 6.43 Å². The van der Waals surface area contributed by atoms with Gasteiger partial charge in [0.15, 0.2) is 0 Å². The Morgan fingerprint density at radius 3 is 2.62 bits per heavy atom. The molecule has 0 saturated heterocycles. The molecule has 0 radical (unpaired) electrons. The van der Waals surface area contributed by atoms with Crippen LogP contribution in [0.1, 0.15) is 17.8 Å². The van der Waals surface area contributed by atoms with E-state index in [4.69, 9.17) is 5.11 Å². The van der Waals surface area contributed by atoms with E-state index in [0.29, 0.717) is 6.07 Å². The fourth-order valence-corrected chi connectivity index (χ4v) is 1.11. The van der Waals surface area contributed by atoms with Crippen LogP contribution < -0.4 is 0 Å². The maximum atomic E-state index is 12.9. The zero-order valence-electron chi connectivity index (χ0n) is 6.27. The molecule has 13 heavy (non-hydrogen) atoms. The minimum Gasteiger partial charge on any atom is -0.390 e. The highest BCUT2D eigenvalue weighted by Gasteiger charge is 2.15. The summed E-state index contributed by atoms with van der Waals surface area (Å²) in [7, 11) is 0. The Bertz CT molecular complexity index is 319. The van der Waals surface area contributed by atoms with Gasteiger partial charge >= 0.3 is 0 Å². The lowest BCUT2D eigenvalue weighted by Gasteiger charge is -2.04. The number of aliphatic hydroxyl groups is 1. The molecule has 1 heterocycles. The number of aliphatic hydroxyl groups excluding tert-OH is 1. The molecule has 0 aromatic carbocycles. The average molecular weight is 256 g/mol. The first-order chi connectivity index (χ1) is 6.06. The molecule has 0 aliphatic carbocycles. The molecule has 0 aliphatic heterocycles. The van der Waals surface area contributed by atoms with E-state index in [1.165, 1.54) is 0 Å². The van der Waals surface area contributed by atoms with E-state index in [2.05, 4.69) is 20.9 Å². The maximum Gasteiger partial charge on any atom is 0.280 e. The summed E-state index contributed by atoms with van der Waals surface area (Å²) in [5, 5.41) is 8.65. The minimum absolute atomic E-state index is 0.0839. The van der Waals surface area contributed by atoms with E-state index in [1.54, 1.807) is 0 Å². The van der Waals surface area contributed by atoms with Crippen LogP contribution in [0, 0.1) is 5.82 Å². The second-order valence-electron chi connectivity index (χ2n) is 2.25. The molecule has 0 atom stereocenters. The van der Waals surface area contributed by atoms with Crippen molar-refractivity contribution in [1.29, 1.82) is 0 Å². The number of alkyl halides is 2. The van der Waals surface area contributed by atoms with Crippen LogP contribution >= 0.6 is 15.9 Å². The van der Waals surface area contributed by atoms with Gasteiger partial charge < -0.3 is 5.11 Å². The largest absolute Gasteiger partial charge is 0.390 e. The molecule has 1 aromatic rings. The van der Waals surface area contributed by atoms with Crippen LogP contribution in [-0.2, 0) is 6.61 Å². The molecule has 0 amide bonds. The zero-order chi connectivity index (χ0) is 10.0. The average Bonchev–Trinajstić information content (AvgIpc) is 2.09. The minimum atomic E-state index is -2.84. The molecule has 6 heteroatoms. The van der Waals surface area contributed by atoms with Crippen molar-refractivity contribution in [2.75, 3.05) is 0 Å². The third-order valence-electron chi connectivity index (χ3n) is 1.38. The molecular formula is C7H5BrF3NO. The van der Waals surface area contributed by atoms with Gasteiger partial charge in [-0.05, 0) is 15.9 Å². The van der Waals surface area contributed by atoms with Gasteiger partial charge in [-0.3, -0.25) is 0 Å². The Labute approximate surface area is 80.5 Å². The highest BCUT2D eigenvalue weighted by Crippen LogP contribution is 2.24. The maximum absolute atomic E-state index is 12.9. The molecule has 0 bridgehead atoms. The molecule has 0 aliphatic rings. The number of nitrogens with zero attached hydrogens (tertiary/aromatic N) is 1. The Morgan fingerprint density at radius 1 is 1.54 bits per heavy atom. The van der Waals surface area contributed by atoms with Crippen molar-refractivity contribution < 1.29 is 18.3 Å². The Hall–Kier alpha value is -0.620. The van der Waals surface area contributed by atoms with Crippen LogP contribution in [0.15, 0.2) is 10.5 Å². The van der Waals surface area contributed by atoms with Gasteiger partial charge in [0.2, 0.25) is 0 Å². The van der Waals surface area contributed by atoms with E-state index in [1.807, 2.05) is 0 Å². The van der Waals surface area contributed by atoms with Crippen LogP contribution in [0.25, 0.3) is 0 Å². The molecular weight excluding hydrogens is 251 g/mol. The third-order valence-corrected chi connectivity index (χ3v) is 2.21. The number of pyridine rings is 1. The van der Waals surface area contributed by atoms with Crippen molar-refractivity contribution in [3.63, 3.8) is 0 Å². The van der Waals surface area contributed by atoms with Crippen molar-refractivity contribution in [2.24, 2.45) is 0 Å². The standard InChI is InChI=1S/C7H5BrF3NO/c8-6-3(9)1-4(7(10)11)12-5(6)2-13/h1,7,13H,2H2. The van der Waals surface area contributed by atoms with Crippen LogP contribution in [0.4, 0.5) is 13.2 Å². The van der Waals surface area contributed by atoms with Crippen molar-refractivity contribution >= 4 is 15.9 Å². The summed E-state index contributed by atoms with van der Waals surface area (Å²) in [5.74, 6) is -0.852. The summed E-state index contributed by atoms with van der Waals surface area (Å²) >= 11 is 2.78. The first kappa shape index (κ1) is 10.5. The predicted molar refractivity (Wildman–Crippen MR) is 42.8 cm³/mol. The van der Waals surface area contributed by atoms with Crippen LogP contribution in [0.3, 0.4) is 0 Å². The monoisotopic (exact) mass is 255 g/mol. The number of hydrogen-bond acceptors (Lipinski definition) is 2. The Balaban J connectivity index is 3.22. The number of halogens is 4. The van der Waals surface area contributed by atoms with Gasteiger partial charge in [0, 0.05) is 6.07 Å². The lowest BCUT2D eigenvalue weighted by Crippen LogP contribution is -2.00. The van der Waals surface area contributed by atoms with Gasteiger partial charge in [-0.25, -0.2) is 18.2 Å². The highest BCUT2D eigenvalue weighted by atomic mass is 79.9. The van der Waals surface area contributed by atoms with Crippen molar-refractivity contribution in [1.82, 2.24) is 4.98 Å². The molecule has 2 nitrogen and oxygen atoms in total. The lowest BCUT2D eigenvalue weighted by atomic mass is 10.3. The number of rotatable bonds is 2. The van der Waals surface area contributed by atoms with Crippen molar-refractivity contribution in [2.45, 2.75) is 13.0 Å². The summed E-state index contributed by atoms with van der Waals surface area (Å²) in [4.78, 5) is 3.36.